The van der Waals surface area contributed by atoms with Gasteiger partial charge in [-0.2, -0.15) is 0 Å². The monoisotopic (exact) mass is 345 g/mol. The van der Waals surface area contributed by atoms with E-state index < -0.39 is 9.84 Å². The van der Waals surface area contributed by atoms with Crippen LogP contribution in [0.1, 0.15) is 11.6 Å². The van der Waals surface area contributed by atoms with Crippen LogP contribution in [0.4, 0.5) is 0 Å². The number of benzene rings is 2. The van der Waals surface area contributed by atoms with Crippen molar-refractivity contribution in [2.45, 2.75) is 10.9 Å². The lowest BCUT2D eigenvalue weighted by Gasteiger charge is -2.19. The van der Waals surface area contributed by atoms with Gasteiger partial charge in [0, 0.05) is 13.7 Å². The van der Waals surface area contributed by atoms with Crippen molar-refractivity contribution in [2.75, 3.05) is 26.0 Å². The minimum absolute atomic E-state index is 0.00706. The zero-order chi connectivity index (χ0) is 17.4. The fourth-order valence-electron chi connectivity index (χ4n) is 2.42. The third-order valence-electron chi connectivity index (χ3n) is 3.63. The van der Waals surface area contributed by atoms with Gasteiger partial charge >= 0.3 is 0 Å². The zero-order valence-electron chi connectivity index (χ0n) is 13.8. The molecule has 2 rings (SSSR count). The van der Waals surface area contributed by atoms with E-state index in [0.717, 1.165) is 5.56 Å². The molecule has 2 aromatic carbocycles. The minimum Gasteiger partial charge on any atom is -0.383 e. The Morgan fingerprint density at radius 1 is 1.08 bits per heavy atom. The molecule has 0 aliphatic rings. The van der Waals surface area contributed by atoms with Gasteiger partial charge in [0.1, 0.15) is 0 Å². The van der Waals surface area contributed by atoms with Crippen molar-refractivity contribution in [1.82, 2.24) is 5.32 Å². The van der Waals surface area contributed by atoms with E-state index in [-0.39, 0.29) is 11.8 Å². The van der Waals surface area contributed by atoms with Crippen molar-refractivity contribution in [3.05, 3.63) is 78.4 Å². The van der Waals surface area contributed by atoms with E-state index in [2.05, 4.69) is 11.9 Å². The Labute approximate surface area is 144 Å². The molecule has 24 heavy (non-hydrogen) atoms. The molecule has 0 heterocycles. The third-order valence-corrected chi connectivity index (χ3v) is 5.41. The van der Waals surface area contributed by atoms with Gasteiger partial charge in [0.25, 0.3) is 0 Å². The van der Waals surface area contributed by atoms with E-state index in [4.69, 9.17) is 4.74 Å². The molecule has 0 saturated heterocycles. The van der Waals surface area contributed by atoms with Crippen LogP contribution in [0.3, 0.4) is 0 Å². The second kappa shape index (κ2) is 8.78. The maximum absolute atomic E-state index is 12.4. The molecule has 0 aromatic heterocycles. The predicted molar refractivity (Wildman–Crippen MR) is 96.7 cm³/mol. The van der Waals surface area contributed by atoms with Crippen LogP contribution in [0.5, 0.6) is 0 Å². The van der Waals surface area contributed by atoms with Crippen LogP contribution < -0.4 is 5.32 Å². The molecule has 0 aliphatic carbocycles. The van der Waals surface area contributed by atoms with Crippen molar-refractivity contribution in [2.24, 2.45) is 0 Å². The number of ether oxygens (including phenoxy) is 1. The summed E-state index contributed by atoms with van der Waals surface area (Å²) in [4.78, 5) is 0.322. The van der Waals surface area contributed by atoms with Gasteiger partial charge in [-0.3, -0.25) is 0 Å². The molecule has 0 saturated carbocycles. The van der Waals surface area contributed by atoms with Gasteiger partial charge in [-0.15, -0.1) is 0 Å². The van der Waals surface area contributed by atoms with E-state index in [1.165, 1.54) is 0 Å². The summed E-state index contributed by atoms with van der Waals surface area (Å²) in [6, 6.07) is 18.4. The van der Waals surface area contributed by atoms with E-state index in [1.807, 2.05) is 30.3 Å². The van der Waals surface area contributed by atoms with Gasteiger partial charge < -0.3 is 10.1 Å². The molecule has 0 amide bonds. The van der Waals surface area contributed by atoms with Gasteiger partial charge in [-0.1, -0.05) is 55.1 Å². The molecule has 1 atom stereocenters. The molecule has 5 heteroatoms. The molecule has 0 radical (unpaired) electrons. The van der Waals surface area contributed by atoms with E-state index in [9.17, 15) is 8.42 Å². The van der Waals surface area contributed by atoms with Crippen molar-refractivity contribution in [3.63, 3.8) is 0 Å². The Bertz CT molecular complexity index is 743. The Morgan fingerprint density at radius 2 is 1.67 bits per heavy atom. The first-order valence-corrected chi connectivity index (χ1v) is 9.40. The SMILES string of the molecule is C=C(CN[C@H](COC)c1ccccc1)CS(=O)(=O)c1ccccc1. The first-order valence-electron chi connectivity index (χ1n) is 7.74. The first kappa shape index (κ1) is 18.4. The quantitative estimate of drug-likeness (QED) is 0.710. The van der Waals surface area contributed by atoms with Crippen LogP contribution in [0.15, 0.2) is 77.7 Å². The van der Waals surface area contributed by atoms with E-state index in [0.29, 0.717) is 23.6 Å². The lowest BCUT2D eigenvalue weighted by atomic mass is 10.1. The second-order valence-electron chi connectivity index (χ2n) is 5.62. The molecule has 0 aliphatic heterocycles. The number of sulfone groups is 1. The molecule has 0 fully saturated rings. The highest BCUT2D eigenvalue weighted by molar-refractivity contribution is 7.91. The highest BCUT2D eigenvalue weighted by atomic mass is 32.2. The van der Waals surface area contributed by atoms with Crippen LogP contribution in [0.2, 0.25) is 0 Å². The lowest BCUT2D eigenvalue weighted by Crippen LogP contribution is -2.28. The third kappa shape index (κ3) is 5.30. The van der Waals surface area contributed by atoms with Crippen LogP contribution in [-0.4, -0.2) is 34.4 Å². The highest BCUT2D eigenvalue weighted by Crippen LogP contribution is 2.15. The minimum atomic E-state index is -3.36. The van der Waals surface area contributed by atoms with Gasteiger partial charge in [-0.25, -0.2) is 8.42 Å². The van der Waals surface area contributed by atoms with Gasteiger partial charge in [0.05, 0.1) is 23.3 Å². The van der Waals surface area contributed by atoms with Crippen molar-refractivity contribution >= 4 is 9.84 Å². The zero-order valence-corrected chi connectivity index (χ0v) is 14.6. The number of hydrogen-bond acceptors (Lipinski definition) is 4. The summed E-state index contributed by atoms with van der Waals surface area (Å²) in [5.74, 6) is -0.0709. The largest absolute Gasteiger partial charge is 0.383 e. The van der Waals surface area contributed by atoms with Crippen LogP contribution >= 0.6 is 0 Å². The molecule has 2 aromatic rings. The molecule has 128 valence electrons. The van der Waals surface area contributed by atoms with Crippen LogP contribution in [0.25, 0.3) is 0 Å². The molecule has 1 N–H and O–H groups in total. The van der Waals surface area contributed by atoms with E-state index in [1.54, 1.807) is 37.4 Å². The molecule has 0 bridgehead atoms. The summed E-state index contributed by atoms with van der Waals surface area (Å²) in [6.45, 7) is 4.82. The van der Waals surface area contributed by atoms with Gasteiger partial charge in [0.2, 0.25) is 0 Å². The Balaban J connectivity index is 1.96. The van der Waals surface area contributed by atoms with Crippen molar-refractivity contribution in [3.8, 4) is 0 Å². The average molecular weight is 345 g/mol. The summed E-state index contributed by atoms with van der Waals surface area (Å²) < 4.78 is 30.0. The predicted octanol–water partition coefficient (Wildman–Crippen LogP) is 2.99. The van der Waals surface area contributed by atoms with Gasteiger partial charge in [0.15, 0.2) is 9.84 Å². The number of hydrogen-bond donors (Lipinski definition) is 1. The summed E-state index contributed by atoms with van der Waals surface area (Å²) in [6.07, 6.45) is 0. The normalized spacial score (nSPS) is 12.7. The molecule has 0 spiro atoms. The highest BCUT2D eigenvalue weighted by Gasteiger charge is 2.17. The first-order chi connectivity index (χ1) is 11.5. The van der Waals surface area contributed by atoms with Crippen LogP contribution in [0, 0.1) is 0 Å². The van der Waals surface area contributed by atoms with Gasteiger partial charge in [-0.05, 0) is 23.3 Å². The molecular weight excluding hydrogens is 322 g/mol. The molecular formula is C19H23NO3S. The Morgan fingerprint density at radius 3 is 2.25 bits per heavy atom. The standard InChI is InChI=1S/C19H23NO3S/c1-16(15-24(21,22)18-11-7-4-8-12-18)13-20-19(14-23-2)17-9-5-3-6-10-17/h3-12,19-20H,1,13-15H2,2H3/t19-/m1/s1. The maximum Gasteiger partial charge on any atom is 0.182 e. The lowest BCUT2D eigenvalue weighted by molar-refractivity contribution is 0.168. The smallest absolute Gasteiger partial charge is 0.182 e. The number of rotatable bonds is 9. The summed E-state index contributed by atoms with van der Waals surface area (Å²) in [5, 5.41) is 3.32. The average Bonchev–Trinajstić information content (AvgIpc) is 2.60. The van der Waals surface area contributed by atoms with Crippen molar-refractivity contribution in [1.29, 1.82) is 0 Å². The molecule has 4 nitrogen and oxygen atoms in total. The second-order valence-corrected chi connectivity index (χ2v) is 7.61. The summed E-state index contributed by atoms with van der Waals surface area (Å²) >= 11 is 0. The molecule has 0 unspecified atom stereocenters. The maximum atomic E-state index is 12.4. The van der Waals surface area contributed by atoms with Crippen molar-refractivity contribution < 1.29 is 13.2 Å². The summed E-state index contributed by atoms with van der Waals surface area (Å²) in [5.41, 5.74) is 1.72. The van der Waals surface area contributed by atoms with E-state index >= 15 is 0 Å². The topological polar surface area (TPSA) is 55.4 Å². The van der Waals surface area contributed by atoms with Crippen LogP contribution in [-0.2, 0) is 14.6 Å². The Hall–Kier alpha value is -1.95. The number of methoxy groups -OCH3 is 1. The fraction of sp³-hybridized carbons (Fsp3) is 0.263. The Kier molecular flexibility index (Phi) is 6.73. The number of nitrogens with one attached hydrogen (secondary N) is 1. The fourth-order valence-corrected chi connectivity index (χ4v) is 3.80. The summed E-state index contributed by atoms with van der Waals surface area (Å²) in [7, 11) is -1.71.